The van der Waals surface area contributed by atoms with Gasteiger partial charge in [0, 0.05) is 0 Å². The number of unbranched alkanes of at least 4 members (excludes halogenated alkanes) is 1. The second-order valence-electron chi connectivity index (χ2n) is 4.22. The van der Waals surface area contributed by atoms with Crippen LogP contribution in [0.3, 0.4) is 0 Å². The Bertz CT molecular complexity index is 495. The van der Waals surface area contributed by atoms with Crippen molar-refractivity contribution in [3.63, 3.8) is 0 Å². The highest BCUT2D eigenvalue weighted by Crippen LogP contribution is 2.10. The van der Waals surface area contributed by atoms with Gasteiger partial charge in [0.1, 0.15) is 5.75 Å². The first-order valence-electron chi connectivity index (χ1n) is 6.05. The average Bonchev–Trinajstić information content (AvgIpc) is 2.38. The largest absolute Gasteiger partial charge is 0.494 e. The van der Waals surface area contributed by atoms with Crippen molar-refractivity contribution < 1.29 is 23.1 Å². The van der Waals surface area contributed by atoms with Crippen molar-refractivity contribution in [2.24, 2.45) is 0 Å². The first kappa shape index (κ1) is 15.5. The fraction of sp³-hybridized carbons (Fsp3) is 0.462. The number of para-hydroxylation sites is 1. The molecule has 1 aromatic carbocycles. The lowest BCUT2D eigenvalue weighted by Gasteiger charge is -2.09. The predicted molar refractivity (Wildman–Crippen MR) is 72.1 cm³/mol. The number of rotatable bonds is 8. The van der Waals surface area contributed by atoms with Crippen molar-refractivity contribution >= 4 is 15.8 Å². The molecule has 1 N–H and O–H groups in total. The molecule has 0 amide bonds. The van der Waals surface area contributed by atoms with E-state index in [0.29, 0.717) is 19.4 Å². The molecule has 0 spiro atoms. The molecule has 0 aliphatic rings. The van der Waals surface area contributed by atoms with E-state index in [2.05, 4.69) is 0 Å². The van der Waals surface area contributed by atoms with E-state index in [4.69, 9.17) is 9.84 Å². The first-order chi connectivity index (χ1) is 8.93. The van der Waals surface area contributed by atoms with Gasteiger partial charge in [-0.05, 0) is 31.9 Å². The van der Waals surface area contributed by atoms with Gasteiger partial charge in [-0.15, -0.1) is 0 Å². The van der Waals surface area contributed by atoms with Gasteiger partial charge in [-0.1, -0.05) is 18.2 Å². The van der Waals surface area contributed by atoms with Gasteiger partial charge in [-0.25, -0.2) is 8.42 Å². The van der Waals surface area contributed by atoms with Crippen molar-refractivity contribution in [1.29, 1.82) is 0 Å². The quantitative estimate of drug-likeness (QED) is 0.736. The van der Waals surface area contributed by atoms with E-state index in [9.17, 15) is 13.2 Å². The average molecular weight is 286 g/mol. The van der Waals surface area contributed by atoms with E-state index in [-0.39, 0.29) is 5.75 Å². The Morgan fingerprint density at radius 3 is 2.47 bits per heavy atom. The third kappa shape index (κ3) is 5.30. The van der Waals surface area contributed by atoms with E-state index in [0.717, 1.165) is 5.75 Å². The summed E-state index contributed by atoms with van der Waals surface area (Å²) in [6, 6.07) is 9.24. The standard InChI is InChI=1S/C13H18O5S/c1-11(13(14)15)19(16,17)10-6-5-9-18-12-7-3-2-4-8-12/h2-4,7-8,11H,5-6,9-10H2,1H3,(H,14,15). The zero-order valence-electron chi connectivity index (χ0n) is 10.8. The Kier molecular flexibility index (Phi) is 5.82. The summed E-state index contributed by atoms with van der Waals surface area (Å²) in [6.45, 7) is 1.61. The van der Waals surface area contributed by atoms with Crippen LogP contribution in [0.15, 0.2) is 30.3 Å². The van der Waals surface area contributed by atoms with Crippen LogP contribution in [0, 0.1) is 0 Å². The molecule has 1 unspecified atom stereocenters. The van der Waals surface area contributed by atoms with E-state index >= 15 is 0 Å². The lowest BCUT2D eigenvalue weighted by molar-refractivity contribution is -0.136. The lowest BCUT2D eigenvalue weighted by Crippen LogP contribution is -2.29. The van der Waals surface area contributed by atoms with Gasteiger partial charge >= 0.3 is 5.97 Å². The van der Waals surface area contributed by atoms with Crippen molar-refractivity contribution in [2.75, 3.05) is 12.4 Å². The Balaban J connectivity index is 2.26. The van der Waals surface area contributed by atoms with Crippen LogP contribution in [-0.4, -0.2) is 37.1 Å². The summed E-state index contributed by atoms with van der Waals surface area (Å²) < 4.78 is 28.6. The summed E-state index contributed by atoms with van der Waals surface area (Å²) in [6.07, 6.45) is 0.966. The predicted octanol–water partition coefficient (Wildman–Crippen LogP) is 1.73. The number of ether oxygens (including phenoxy) is 1. The molecule has 0 fully saturated rings. The Labute approximate surface area is 113 Å². The summed E-state index contributed by atoms with van der Waals surface area (Å²) in [7, 11) is -3.56. The number of hydrogen-bond donors (Lipinski definition) is 1. The molecule has 106 valence electrons. The second-order valence-corrected chi connectivity index (χ2v) is 6.66. The summed E-state index contributed by atoms with van der Waals surface area (Å²) in [5, 5.41) is 7.32. The molecule has 0 saturated carbocycles. The van der Waals surface area contributed by atoms with E-state index < -0.39 is 21.1 Å². The maximum absolute atomic E-state index is 11.6. The highest BCUT2D eigenvalue weighted by Gasteiger charge is 2.26. The van der Waals surface area contributed by atoms with Gasteiger partial charge in [0.2, 0.25) is 0 Å². The topological polar surface area (TPSA) is 80.7 Å². The highest BCUT2D eigenvalue weighted by atomic mass is 32.2. The number of benzene rings is 1. The van der Waals surface area contributed by atoms with Crippen LogP contribution in [-0.2, 0) is 14.6 Å². The van der Waals surface area contributed by atoms with Crippen molar-refractivity contribution in [2.45, 2.75) is 25.0 Å². The van der Waals surface area contributed by atoms with Gasteiger partial charge in [-0.3, -0.25) is 4.79 Å². The minimum Gasteiger partial charge on any atom is -0.494 e. The third-order valence-electron chi connectivity index (χ3n) is 2.72. The fourth-order valence-electron chi connectivity index (χ4n) is 1.44. The van der Waals surface area contributed by atoms with Crippen LogP contribution in [0.2, 0.25) is 0 Å². The maximum Gasteiger partial charge on any atom is 0.321 e. The van der Waals surface area contributed by atoms with Gasteiger partial charge in [-0.2, -0.15) is 0 Å². The van der Waals surface area contributed by atoms with Crippen LogP contribution in [0.5, 0.6) is 5.75 Å². The fourth-order valence-corrected chi connectivity index (χ4v) is 2.71. The molecule has 1 aromatic rings. The van der Waals surface area contributed by atoms with Gasteiger partial charge in [0.25, 0.3) is 0 Å². The van der Waals surface area contributed by atoms with Gasteiger partial charge in [0.05, 0.1) is 12.4 Å². The Morgan fingerprint density at radius 1 is 1.26 bits per heavy atom. The first-order valence-corrected chi connectivity index (χ1v) is 7.77. The summed E-state index contributed by atoms with van der Waals surface area (Å²) in [5.74, 6) is -0.691. The molecule has 0 saturated heterocycles. The molecule has 5 nitrogen and oxygen atoms in total. The SMILES string of the molecule is CC(C(=O)O)S(=O)(=O)CCCCOc1ccccc1. The molecule has 0 aliphatic heterocycles. The molecule has 6 heteroatoms. The highest BCUT2D eigenvalue weighted by molar-refractivity contribution is 7.92. The molecular weight excluding hydrogens is 268 g/mol. The smallest absolute Gasteiger partial charge is 0.321 e. The van der Waals surface area contributed by atoms with Crippen LogP contribution in [0.1, 0.15) is 19.8 Å². The monoisotopic (exact) mass is 286 g/mol. The number of sulfone groups is 1. The number of hydrogen-bond acceptors (Lipinski definition) is 4. The lowest BCUT2D eigenvalue weighted by atomic mass is 10.3. The molecule has 0 aromatic heterocycles. The third-order valence-corrected chi connectivity index (χ3v) is 4.86. The van der Waals surface area contributed by atoms with Crippen molar-refractivity contribution in [3.05, 3.63) is 30.3 Å². The number of carboxylic acid groups (broad SMARTS) is 1. The van der Waals surface area contributed by atoms with Crippen LogP contribution < -0.4 is 4.74 Å². The molecule has 0 bridgehead atoms. The van der Waals surface area contributed by atoms with Gasteiger partial charge < -0.3 is 9.84 Å². The summed E-state index contributed by atoms with van der Waals surface area (Å²) in [5.41, 5.74) is 0. The maximum atomic E-state index is 11.6. The molecule has 0 radical (unpaired) electrons. The molecule has 0 heterocycles. The minimum absolute atomic E-state index is 0.126. The van der Waals surface area contributed by atoms with Crippen LogP contribution in [0.25, 0.3) is 0 Å². The Morgan fingerprint density at radius 2 is 1.89 bits per heavy atom. The van der Waals surface area contributed by atoms with Crippen LogP contribution >= 0.6 is 0 Å². The summed E-state index contributed by atoms with van der Waals surface area (Å²) in [4.78, 5) is 10.6. The number of aliphatic carboxylic acids is 1. The van der Waals surface area contributed by atoms with E-state index in [1.54, 1.807) is 0 Å². The molecule has 0 aliphatic carbocycles. The van der Waals surface area contributed by atoms with Crippen molar-refractivity contribution in [3.8, 4) is 5.75 Å². The summed E-state index contributed by atoms with van der Waals surface area (Å²) >= 11 is 0. The van der Waals surface area contributed by atoms with E-state index in [1.165, 1.54) is 6.92 Å². The van der Waals surface area contributed by atoms with Gasteiger partial charge in [0.15, 0.2) is 15.1 Å². The molecule has 1 rings (SSSR count). The minimum atomic E-state index is -3.56. The molecular formula is C13H18O5S. The van der Waals surface area contributed by atoms with E-state index in [1.807, 2.05) is 30.3 Å². The van der Waals surface area contributed by atoms with Crippen LogP contribution in [0.4, 0.5) is 0 Å². The zero-order valence-corrected chi connectivity index (χ0v) is 11.6. The van der Waals surface area contributed by atoms with Crippen molar-refractivity contribution in [1.82, 2.24) is 0 Å². The number of carbonyl (C=O) groups is 1. The zero-order chi connectivity index (χ0) is 14.3. The number of carboxylic acids is 1. The molecule has 1 atom stereocenters. The second kappa shape index (κ2) is 7.13. The Hall–Kier alpha value is -1.56. The normalized spacial score (nSPS) is 12.9. The molecule has 19 heavy (non-hydrogen) atoms.